The Morgan fingerprint density at radius 1 is 1.27 bits per heavy atom. The van der Waals surface area contributed by atoms with Gasteiger partial charge in [-0.05, 0) is 44.7 Å². The van der Waals surface area contributed by atoms with E-state index in [2.05, 4.69) is 9.62 Å². The lowest BCUT2D eigenvalue weighted by Crippen LogP contribution is -2.53. The van der Waals surface area contributed by atoms with Gasteiger partial charge in [0.25, 0.3) is 5.69 Å². The van der Waals surface area contributed by atoms with E-state index in [1.807, 2.05) is 11.9 Å². The highest BCUT2D eigenvalue weighted by Crippen LogP contribution is 2.52. The standard InChI is InChI=1S/C19H27N5O5S/c1-22-4-6-23(7-5-22)14-9-15(24(26)27)11-16(10-14)30(28,29)21-19-3-2-13(12-19)8-17(19)18(20)25/h9-11,13,17,21H,2-8,12H2,1H3,(H2,20,25). The molecule has 10 nitrogen and oxygen atoms in total. The number of primary amides is 1. The molecule has 1 amide bonds. The zero-order valence-electron chi connectivity index (χ0n) is 16.9. The van der Waals surface area contributed by atoms with E-state index in [4.69, 9.17) is 5.73 Å². The van der Waals surface area contributed by atoms with Crippen molar-refractivity contribution in [2.75, 3.05) is 38.1 Å². The third-order valence-corrected chi connectivity index (χ3v) is 8.37. The summed E-state index contributed by atoms with van der Waals surface area (Å²) in [5.41, 5.74) is 4.89. The van der Waals surface area contributed by atoms with Crippen LogP contribution in [0.15, 0.2) is 23.1 Å². The van der Waals surface area contributed by atoms with Crippen molar-refractivity contribution in [3.05, 3.63) is 28.3 Å². The van der Waals surface area contributed by atoms with E-state index >= 15 is 0 Å². The van der Waals surface area contributed by atoms with Gasteiger partial charge in [0, 0.05) is 49.5 Å². The van der Waals surface area contributed by atoms with Crippen molar-refractivity contribution >= 4 is 27.3 Å². The third kappa shape index (κ3) is 3.77. The predicted octanol–water partition coefficient (Wildman–Crippen LogP) is 0.669. The summed E-state index contributed by atoms with van der Waals surface area (Å²) in [5, 5.41) is 11.5. The lowest BCUT2D eigenvalue weighted by atomic mass is 9.83. The molecule has 3 N–H and O–H groups in total. The van der Waals surface area contributed by atoms with Crippen molar-refractivity contribution in [2.24, 2.45) is 17.6 Å². The fourth-order valence-corrected chi connectivity index (χ4v) is 6.74. The predicted molar refractivity (Wildman–Crippen MR) is 111 cm³/mol. The number of rotatable bonds is 6. The average molecular weight is 438 g/mol. The van der Waals surface area contributed by atoms with Crippen LogP contribution in [0.3, 0.4) is 0 Å². The number of amides is 1. The number of piperazine rings is 1. The number of nitro benzene ring substituents is 1. The lowest BCUT2D eigenvalue weighted by molar-refractivity contribution is -0.385. The number of nitrogens with one attached hydrogen (secondary N) is 1. The van der Waals surface area contributed by atoms with E-state index in [9.17, 15) is 23.3 Å². The van der Waals surface area contributed by atoms with Crippen LogP contribution in [-0.4, -0.2) is 62.9 Å². The van der Waals surface area contributed by atoms with Crippen molar-refractivity contribution in [2.45, 2.75) is 36.1 Å². The summed E-state index contributed by atoms with van der Waals surface area (Å²) in [4.78, 5) is 26.8. The van der Waals surface area contributed by atoms with Gasteiger partial charge in [0.1, 0.15) is 0 Å². The summed E-state index contributed by atoms with van der Waals surface area (Å²) in [5.74, 6) is -0.782. The second-order valence-electron chi connectivity index (χ2n) is 8.79. The SMILES string of the molecule is CN1CCN(c2cc([N+](=O)[O-])cc(S(=O)(=O)NC34CCC(CC3C(N)=O)C4)c2)CC1. The van der Waals surface area contributed by atoms with Gasteiger partial charge in [0.05, 0.1) is 15.7 Å². The van der Waals surface area contributed by atoms with Crippen LogP contribution < -0.4 is 15.4 Å². The van der Waals surface area contributed by atoms with E-state index in [1.54, 1.807) is 0 Å². The first kappa shape index (κ1) is 21.0. The summed E-state index contributed by atoms with van der Waals surface area (Å²) in [6.07, 6.45) is 2.54. The molecule has 1 aromatic carbocycles. The second-order valence-corrected chi connectivity index (χ2v) is 10.5. The van der Waals surface area contributed by atoms with E-state index in [-0.39, 0.29) is 16.5 Å². The van der Waals surface area contributed by atoms with Gasteiger partial charge in [0.15, 0.2) is 0 Å². The Bertz CT molecular complexity index is 976. The number of nitro groups is 1. The number of sulfonamides is 1. The average Bonchev–Trinajstić information content (AvgIpc) is 3.25. The molecular formula is C19H27N5O5S. The Labute approximate surface area is 175 Å². The first-order valence-electron chi connectivity index (χ1n) is 10.2. The molecule has 0 spiro atoms. The number of likely N-dealkylation sites (N-methyl/N-ethyl adjacent to an activating group) is 1. The van der Waals surface area contributed by atoms with Crippen LogP contribution >= 0.6 is 0 Å². The van der Waals surface area contributed by atoms with Gasteiger partial charge >= 0.3 is 0 Å². The van der Waals surface area contributed by atoms with Gasteiger partial charge in [-0.15, -0.1) is 0 Å². The molecule has 0 radical (unpaired) electrons. The molecule has 1 heterocycles. The number of carbonyl (C=O) groups excluding carboxylic acids is 1. The molecule has 164 valence electrons. The van der Waals surface area contributed by atoms with E-state index in [0.717, 1.165) is 25.6 Å². The maximum absolute atomic E-state index is 13.3. The minimum Gasteiger partial charge on any atom is -0.369 e. The highest BCUT2D eigenvalue weighted by Gasteiger charge is 2.56. The highest BCUT2D eigenvalue weighted by molar-refractivity contribution is 7.89. The van der Waals surface area contributed by atoms with Crippen molar-refractivity contribution < 1.29 is 18.1 Å². The number of anilines is 1. The Morgan fingerprint density at radius 2 is 1.97 bits per heavy atom. The summed E-state index contributed by atoms with van der Waals surface area (Å²) >= 11 is 0. The quantitative estimate of drug-likeness (QED) is 0.492. The van der Waals surface area contributed by atoms with Crippen LogP contribution in [0, 0.1) is 22.0 Å². The molecule has 3 aliphatic rings. The minimum atomic E-state index is -4.08. The molecule has 3 unspecified atom stereocenters. The largest absolute Gasteiger partial charge is 0.369 e. The smallest absolute Gasteiger partial charge is 0.272 e. The molecule has 4 rings (SSSR count). The number of nitrogens with two attached hydrogens (primary N) is 1. The minimum absolute atomic E-state index is 0.154. The molecule has 30 heavy (non-hydrogen) atoms. The fourth-order valence-electron chi connectivity index (χ4n) is 5.21. The molecule has 2 bridgehead atoms. The molecule has 11 heteroatoms. The molecule has 1 aliphatic heterocycles. The van der Waals surface area contributed by atoms with E-state index < -0.39 is 32.3 Å². The van der Waals surface area contributed by atoms with Gasteiger partial charge < -0.3 is 15.5 Å². The maximum atomic E-state index is 13.3. The van der Waals surface area contributed by atoms with Crippen molar-refractivity contribution in [3.8, 4) is 0 Å². The molecule has 3 atom stereocenters. The zero-order chi connectivity index (χ0) is 21.7. The number of nitrogens with zero attached hydrogens (tertiary/aromatic N) is 3. The number of carbonyl (C=O) groups is 1. The third-order valence-electron chi connectivity index (χ3n) is 6.83. The van der Waals surface area contributed by atoms with Crippen LogP contribution in [0.5, 0.6) is 0 Å². The first-order chi connectivity index (χ1) is 14.1. The summed E-state index contributed by atoms with van der Waals surface area (Å²) in [7, 11) is -2.09. The molecule has 2 saturated carbocycles. The number of non-ortho nitro benzene ring substituents is 1. The Kier molecular flexibility index (Phi) is 5.23. The summed E-state index contributed by atoms with van der Waals surface area (Å²) in [6, 6.07) is 3.98. The number of hydrogen-bond acceptors (Lipinski definition) is 7. The van der Waals surface area contributed by atoms with Gasteiger partial charge in [-0.1, -0.05) is 0 Å². The van der Waals surface area contributed by atoms with Crippen molar-refractivity contribution in [1.29, 1.82) is 0 Å². The van der Waals surface area contributed by atoms with Crippen molar-refractivity contribution in [3.63, 3.8) is 0 Å². The molecular weight excluding hydrogens is 410 g/mol. The van der Waals surface area contributed by atoms with Crippen LogP contribution in [0.1, 0.15) is 25.7 Å². The molecule has 0 aromatic heterocycles. The molecule has 1 saturated heterocycles. The molecule has 2 aliphatic carbocycles. The Morgan fingerprint density at radius 3 is 2.57 bits per heavy atom. The van der Waals surface area contributed by atoms with Gasteiger partial charge in [-0.3, -0.25) is 14.9 Å². The number of benzene rings is 1. The van der Waals surface area contributed by atoms with Crippen molar-refractivity contribution in [1.82, 2.24) is 9.62 Å². The fraction of sp³-hybridized carbons (Fsp3) is 0.632. The lowest BCUT2D eigenvalue weighted by Gasteiger charge is -2.35. The van der Waals surface area contributed by atoms with Crippen LogP contribution in [0.25, 0.3) is 0 Å². The number of fused-ring (bicyclic) bond motifs is 2. The van der Waals surface area contributed by atoms with Gasteiger partial charge in [-0.2, -0.15) is 0 Å². The van der Waals surface area contributed by atoms with Crippen LogP contribution in [0.2, 0.25) is 0 Å². The second kappa shape index (κ2) is 7.47. The van der Waals surface area contributed by atoms with Crippen LogP contribution in [-0.2, 0) is 14.8 Å². The van der Waals surface area contributed by atoms with E-state index in [0.29, 0.717) is 38.0 Å². The molecule has 1 aromatic rings. The number of hydrogen-bond donors (Lipinski definition) is 2. The normalized spacial score (nSPS) is 29.3. The van der Waals surface area contributed by atoms with Crippen LogP contribution in [0.4, 0.5) is 11.4 Å². The summed E-state index contributed by atoms with van der Waals surface area (Å²) < 4.78 is 29.3. The monoisotopic (exact) mass is 437 g/mol. The maximum Gasteiger partial charge on any atom is 0.272 e. The van der Waals surface area contributed by atoms with Gasteiger partial charge in [-0.25, -0.2) is 13.1 Å². The molecule has 3 fully saturated rings. The zero-order valence-corrected chi connectivity index (χ0v) is 17.7. The summed E-state index contributed by atoms with van der Waals surface area (Å²) in [6.45, 7) is 2.88. The first-order valence-corrected chi connectivity index (χ1v) is 11.6. The van der Waals surface area contributed by atoms with E-state index in [1.165, 1.54) is 12.1 Å². The highest BCUT2D eigenvalue weighted by atomic mass is 32.2. The Balaban J connectivity index is 1.68. The Hall–Kier alpha value is -2.24. The topological polar surface area (TPSA) is 139 Å². The van der Waals surface area contributed by atoms with Gasteiger partial charge in [0.2, 0.25) is 15.9 Å².